The smallest absolute Gasteiger partial charge is 0.234 e. The van der Waals surface area contributed by atoms with Crippen LogP contribution in [0.4, 0.5) is 5.69 Å². The van der Waals surface area contributed by atoms with E-state index in [0.29, 0.717) is 0 Å². The molecule has 21 heavy (non-hydrogen) atoms. The molecule has 0 bridgehead atoms. The summed E-state index contributed by atoms with van der Waals surface area (Å²) in [6, 6.07) is 3.80. The van der Waals surface area contributed by atoms with Gasteiger partial charge in [0.05, 0.1) is 24.1 Å². The SMILES string of the molecule is CCCNc1ccnc(CN2C(=O)C3C(C2=O)C3(C)C)c1. The van der Waals surface area contributed by atoms with Crippen LogP contribution in [-0.2, 0) is 16.1 Å². The molecule has 1 N–H and O–H groups in total. The minimum absolute atomic E-state index is 0.0382. The number of amides is 2. The average Bonchev–Trinajstić information content (AvgIpc) is 2.93. The fourth-order valence-electron chi connectivity index (χ4n) is 3.27. The van der Waals surface area contributed by atoms with Crippen molar-refractivity contribution < 1.29 is 9.59 Å². The molecule has 5 heteroatoms. The van der Waals surface area contributed by atoms with Crippen molar-refractivity contribution in [3.05, 3.63) is 24.0 Å². The van der Waals surface area contributed by atoms with E-state index in [1.165, 1.54) is 4.90 Å². The maximum absolute atomic E-state index is 12.3. The van der Waals surface area contributed by atoms with E-state index < -0.39 is 0 Å². The maximum atomic E-state index is 12.3. The van der Waals surface area contributed by atoms with E-state index in [1.54, 1.807) is 6.20 Å². The molecule has 2 heterocycles. The number of pyridine rings is 1. The highest BCUT2D eigenvalue weighted by atomic mass is 16.2. The Morgan fingerprint density at radius 1 is 1.29 bits per heavy atom. The predicted molar refractivity (Wildman–Crippen MR) is 79.3 cm³/mol. The fourth-order valence-corrected chi connectivity index (χ4v) is 3.27. The van der Waals surface area contributed by atoms with Gasteiger partial charge < -0.3 is 5.32 Å². The van der Waals surface area contributed by atoms with E-state index in [2.05, 4.69) is 17.2 Å². The number of likely N-dealkylation sites (tertiary alicyclic amines) is 1. The molecule has 1 aromatic heterocycles. The number of hydrogen-bond donors (Lipinski definition) is 1. The summed E-state index contributed by atoms with van der Waals surface area (Å²) in [6.45, 7) is 7.25. The van der Waals surface area contributed by atoms with Gasteiger partial charge in [-0.1, -0.05) is 20.8 Å². The van der Waals surface area contributed by atoms with E-state index in [0.717, 1.165) is 24.3 Å². The van der Waals surface area contributed by atoms with Gasteiger partial charge in [0.2, 0.25) is 11.8 Å². The Morgan fingerprint density at radius 2 is 1.95 bits per heavy atom. The summed E-state index contributed by atoms with van der Waals surface area (Å²) in [5.74, 6) is -0.315. The molecule has 0 aromatic carbocycles. The van der Waals surface area contributed by atoms with Crippen molar-refractivity contribution in [2.75, 3.05) is 11.9 Å². The highest BCUT2D eigenvalue weighted by Gasteiger charge is 2.72. The third-order valence-corrected chi connectivity index (χ3v) is 4.61. The first-order valence-electron chi connectivity index (χ1n) is 7.51. The van der Waals surface area contributed by atoms with Crippen LogP contribution in [-0.4, -0.2) is 28.2 Å². The number of imide groups is 1. The summed E-state index contributed by atoms with van der Waals surface area (Å²) in [4.78, 5) is 30.2. The summed E-state index contributed by atoms with van der Waals surface area (Å²) in [5.41, 5.74) is 1.58. The van der Waals surface area contributed by atoms with E-state index in [9.17, 15) is 9.59 Å². The minimum atomic E-state index is -0.150. The first-order chi connectivity index (χ1) is 9.96. The average molecular weight is 287 g/mol. The molecule has 3 rings (SSSR count). The molecule has 2 unspecified atom stereocenters. The number of nitrogens with zero attached hydrogens (tertiary/aromatic N) is 2. The van der Waals surface area contributed by atoms with Crippen molar-refractivity contribution in [1.82, 2.24) is 9.88 Å². The van der Waals surface area contributed by atoms with Crippen molar-refractivity contribution in [3.8, 4) is 0 Å². The second kappa shape index (κ2) is 4.83. The Hall–Kier alpha value is -1.91. The maximum Gasteiger partial charge on any atom is 0.234 e. The molecule has 2 aliphatic rings. The van der Waals surface area contributed by atoms with E-state index in [-0.39, 0.29) is 35.6 Å². The summed E-state index contributed by atoms with van der Waals surface area (Å²) < 4.78 is 0. The van der Waals surface area contributed by atoms with E-state index in [1.807, 2.05) is 26.0 Å². The molecule has 1 aliphatic heterocycles. The van der Waals surface area contributed by atoms with Gasteiger partial charge in [0.1, 0.15) is 0 Å². The van der Waals surface area contributed by atoms with E-state index in [4.69, 9.17) is 0 Å². The van der Waals surface area contributed by atoms with Crippen LogP contribution in [0.3, 0.4) is 0 Å². The summed E-state index contributed by atoms with van der Waals surface area (Å²) in [7, 11) is 0. The standard InChI is InChI=1S/C16H21N3O2/c1-4-6-17-10-5-7-18-11(8-10)9-19-14(20)12-13(15(19)21)16(12,2)3/h5,7-8,12-13H,4,6,9H2,1-3H3,(H,17,18). The quantitative estimate of drug-likeness (QED) is 0.842. The number of aromatic nitrogens is 1. The van der Waals surface area contributed by atoms with Crippen LogP contribution in [0.1, 0.15) is 32.9 Å². The van der Waals surface area contributed by atoms with Gasteiger partial charge in [0.15, 0.2) is 0 Å². The molecule has 5 nitrogen and oxygen atoms in total. The number of carbonyl (C=O) groups excluding carboxylic acids is 2. The Morgan fingerprint density at radius 3 is 2.57 bits per heavy atom. The predicted octanol–water partition coefficient (Wildman–Crippen LogP) is 2.04. The molecule has 1 aliphatic carbocycles. The van der Waals surface area contributed by atoms with Crippen molar-refractivity contribution >= 4 is 17.5 Å². The van der Waals surface area contributed by atoms with Gasteiger partial charge in [-0.25, -0.2) is 0 Å². The molecule has 0 radical (unpaired) electrons. The number of rotatable bonds is 5. The number of nitrogens with one attached hydrogen (secondary N) is 1. The van der Waals surface area contributed by atoms with Gasteiger partial charge in [0, 0.05) is 18.4 Å². The second-order valence-corrected chi connectivity index (χ2v) is 6.50. The number of fused-ring (bicyclic) bond motifs is 1. The highest BCUT2D eigenvalue weighted by Crippen LogP contribution is 2.63. The normalized spacial score (nSPS) is 26.0. The van der Waals surface area contributed by atoms with Crippen LogP contribution in [0.5, 0.6) is 0 Å². The zero-order valence-electron chi connectivity index (χ0n) is 12.7. The van der Waals surface area contributed by atoms with Crippen molar-refractivity contribution in [2.24, 2.45) is 17.3 Å². The molecular weight excluding hydrogens is 266 g/mol. The van der Waals surface area contributed by atoms with Gasteiger partial charge in [0.25, 0.3) is 0 Å². The van der Waals surface area contributed by atoms with Gasteiger partial charge in [-0.15, -0.1) is 0 Å². The monoisotopic (exact) mass is 287 g/mol. The molecule has 2 fully saturated rings. The van der Waals surface area contributed by atoms with Crippen LogP contribution < -0.4 is 5.32 Å². The Bertz CT molecular complexity index is 573. The van der Waals surface area contributed by atoms with Crippen LogP contribution in [0, 0.1) is 17.3 Å². The number of carbonyl (C=O) groups is 2. The molecule has 2 atom stereocenters. The molecule has 1 saturated heterocycles. The van der Waals surface area contributed by atoms with Gasteiger partial charge in [-0.2, -0.15) is 0 Å². The molecular formula is C16H21N3O2. The van der Waals surface area contributed by atoms with Crippen molar-refractivity contribution in [1.29, 1.82) is 0 Å². The number of piperidine rings is 1. The first-order valence-corrected chi connectivity index (χ1v) is 7.51. The topological polar surface area (TPSA) is 62.3 Å². The van der Waals surface area contributed by atoms with E-state index >= 15 is 0 Å². The van der Waals surface area contributed by atoms with Crippen LogP contribution in [0.15, 0.2) is 18.3 Å². The lowest BCUT2D eigenvalue weighted by molar-refractivity contribution is -0.143. The van der Waals surface area contributed by atoms with Crippen molar-refractivity contribution in [3.63, 3.8) is 0 Å². The Labute approximate surface area is 124 Å². The summed E-state index contributed by atoms with van der Waals surface area (Å²) in [6.07, 6.45) is 2.75. The second-order valence-electron chi connectivity index (χ2n) is 6.50. The van der Waals surface area contributed by atoms with Crippen LogP contribution >= 0.6 is 0 Å². The van der Waals surface area contributed by atoms with Gasteiger partial charge in [-0.05, 0) is 24.0 Å². The Balaban J connectivity index is 1.71. The van der Waals surface area contributed by atoms with Crippen LogP contribution in [0.2, 0.25) is 0 Å². The van der Waals surface area contributed by atoms with Gasteiger partial charge in [-0.3, -0.25) is 19.5 Å². The van der Waals surface area contributed by atoms with Crippen molar-refractivity contribution in [2.45, 2.75) is 33.7 Å². The summed E-state index contributed by atoms with van der Waals surface area (Å²) >= 11 is 0. The zero-order valence-corrected chi connectivity index (χ0v) is 12.7. The first kappa shape index (κ1) is 14.0. The minimum Gasteiger partial charge on any atom is -0.385 e. The largest absolute Gasteiger partial charge is 0.385 e. The lowest BCUT2D eigenvalue weighted by Gasteiger charge is -2.20. The Kier molecular flexibility index (Phi) is 3.23. The molecule has 0 spiro atoms. The number of anilines is 1. The highest BCUT2D eigenvalue weighted by molar-refractivity contribution is 6.10. The molecule has 1 saturated carbocycles. The molecule has 112 valence electrons. The van der Waals surface area contributed by atoms with Gasteiger partial charge >= 0.3 is 0 Å². The third-order valence-electron chi connectivity index (χ3n) is 4.61. The fraction of sp³-hybridized carbons (Fsp3) is 0.562. The molecule has 2 amide bonds. The zero-order chi connectivity index (χ0) is 15.2. The van der Waals surface area contributed by atoms with Crippen LogP contribution in [0.25, 0.3) is 0 Å². The third kappa shape index (κ3) is 2.20. The summed E-state index contributed by atoms with van der Waals surface area (Å²) in [5, 5.41) is 3.28. The lowest BCUT2D eigenvalue weighted by Crippen LogP contribution is -2.35. The molecule has 1 aromatic rings. The number of hydrogen-bond acceptors (Lipinski definition) is 4. The lowest BCUT2D eigenvalue weighted by atomic mass is 10.1.